The Hall–Kier alpha value is -2.09. The van der Waals surface area contributed by atoms with E-state index in [4.69, 9.17) is 4.74 Å². The largest absolute Gasteiger partial charge is 0.458 e. The van der Waals surface area contributed by atoms with Gasteiger partial charge < -0.3 is 4.74 Å². The topological polar surface area (TPSA) is 26.3 Å². The highest BCUT2D eigenvalue weighted by Crippen LogP contribution is 2.41. The van der Waals surface area contributed by atoms with Crippen LogP contribution in [0.4, 0.5) is 0 Å². The highest BCUT2D eigenvalue weighted by Gasteiger charge is 2.28. The third-order valence-corrected chi connectivity index (χ3v) is 6.43. The Morgan fingerprint density at radius 1 is 0.926 bits per heavy atom. The minimum absolute atomic E-state index is 0.0609. The van der Waals surface area contributed by atoms with E-state index in [1.54, 1.807) is 0 Å². The Bertz CT molecular complexity index is 798. The number of carbonyl (C=O) groups excluding carboxylic acids is 1. The Balaban J connectivity index is 1.44. The van der Waals surface area contributed by atoms with Crippen molar-refractivity contribution in [3.63, 3.8) is 0 Å². The Labute approximate surface area is 162 Å². The van der Waals surface area contributed by atoms with Gasteiger partial charge in [-0.2, -0.15) is 0 Å². The summed E-state index contributed by atoms with van der Waals surface area (Å²) in [5.41, 5.74) is 6.11. The van der Waals surface area contributed by atoms with Gasteiger partial charge in [-0.25, -0.2) is 4.79 Å². The molecule has 1 unspecified atom stereocenters. The molecule has 1 heterocycles. The molecule has 0 amide bonds. The van der Waals surface area contributed by atoms with Crippen molar-refractivity contribution in [1.29, 1.82) is 0 Å². The molecule has 0 aromatic heterocycles. The van der Waals surface area contributed by atoms with E-state index in [0.717, 1.165) is 24.8 Å². The monoisotopic (exact) mass is 362 g/mol. The first-order valence-corrected chi connectivity index (χ1v) is 10.5. The van der Waals surface area contributed by atoms with Gasteiger partial charge in [0, 0.05) is 6.42 Å². The quantitative estimate of drug-likeness (QED) is 0.595. The van der Waals surface area contributed by atoms with Crippen molar-refractivity contribution in [2.75, 3.05) is 0 Å². The molecule has 1 aliphatic heterocycles. The van der Waals surface area contributed by atoms with Gasteiger partial charge in [-0.05, 0) is 73.6 Å². The molecule has 1 saturated carbocycles. The molecule has 0 N–H and O–H groups in total. The van der Waals surface area contributed by atoms with Crippen LogP contribution in [-0.2, 0) is 11.2 Å². The van der Waals surface area contributed by atoms with Gasteiger partial charge in [-0.15, -0.1) is 0 Å². The molecule has 4 rings (SSSR count). The average Bonchev–Trinajstić information content (AvgIpc) is 2.69. The van der Waals surface area contributed by atoms with Crippen LogP contribution in [0.2, 0.25) is 0 Å². The Morgan fingerprint density at radius 2 is 1.56 bits per heavy atom. The number of carbonyl (C=O) groups is 1. The standard InChI is InChI=1S/C25H30O2/c1-3-4-23-15-22-14-13-21(16-24(22)25(26)27-23)20-11-9-19(10-12-20)18-7-5-17(2)6-8-18/h5-8,13-14,16,19-20,23H,3-4,9-12,15H2,1-2H3. The summed E-state index contributed by atoms with van der Waals surface area (Å²) < 4.78 is 5.64. The first kappa shape index (κ1) is 18.3. The lowest BCUT2D eigenvalue weighted by Crippen LogP contribution is -2.27. The number of aryl methyl sites for hydroxylation is 1. The number of esters is 1. The minimum atomic E-state index is -0.120. The molecule has 2 heteroatoms. The molecular formula is C25H30O2. The van der Waals surface area contributed by atoms with Crippen molar-refractivity contribution in [2.24, 2.45) is 0 Å². The van der Waals surface area contributed by atoms with E-state index in [0.29, 0.717) is 11.8 Å². The summed E-state index contributed by atoms with van der Waals surface area (Å²) in [7, 11) is 0. The lowest BCUT2D eigenvalue weighted by molar-refractivity contribution is 0.0236. The number of ether oxygens (including phenoxy) is 1. The molecular weight excluding hydrogens is 332 g/mol. The Kier molecular flexibility index (Phi) is 5.33. The fourth-order valence-corrected chi connectivity index (χ4v) is 4.80. The van der Waals surface area contributed by atoms with Gasteiger partial charge in [0.2, 0.25) is 0 Å². The molecule has 0 bridgehead atoms. The number of hydrogen-bond donors (Lipinski definition) is 0. The van der Waals surface area contributed by atoms with Crippen molar-refractivity contribution in [3.05, 3.63) is 70.3 Å². The van der Waals surface area contributed by atoms with Crippen LogP contribution in [0, 0.1) is 6.92 Å². The minimum Gasteiger partial charge on any atom is -0.458 e. The fourth-order valence-electron chi connectivity index (χ4n) is 4.80. The van der Waals surface area contributed by atoms with Crippen LogP contribution in [0.3, 0.4) is 0 Å². The smallest absolute Gasteiger partial charge is 0.338 e. The molecule has 142 valence electrons. The number of fused-ring (bicyclic) bond motifs is 1. The maximum absolute atomic E-state index is 12.4. The number of hydrogen-bond acceptors (Lipinski definition) is 2. The zero-order valence-corrected chi connectivity index (χ0v) is 16.5. The zero-order valence-electron chi connectivity index (χ0n) is 16.5. The van der Waals surface area contributed by atoms with Crippen LogP contribution < -0.4 is 0 Å². The van der Waals surface area contributed by atoms with Gasteiger partial charge in [0.1, 0.15) is 6.10 Å². The summed E-state index contributed by atoms with van der Waals surface area (Å²) in [6.45, 7) is 4.28. The normalized spacial score (nSPS) is 25.0. The zero-order chi connectivity index (χ0) is 18.8. The lowest BCUT2D eigenvalue weighted by Gasteiger charge is -2.30. The molecule has 0 saturated heterocycles. The van der Waals surface area contributed by atoms with Crippen LogP contribution in [0.25, 0.3) is 0 Å². The molecule has 2 aromatic rings. The summed E-state index contributed by atoms with van der Waals surface area (Å²) in [5, 5.41) is 0. The van der Waals surface area contributed by atoms with E-state index >= 15 is 0 Å². The highest BCUT2D eigenvalue weighted by atomic mass is 16.5. The third-order valence-electron chi connectivity index (χ3n) is 6.43. The van der Waals surface area contributed by atoms with Crippen LogP contribution in [0.1, 0.15) is 89.9 Å². The van der Waals surface area contributed by atoms with Gasteiger partial charge in [0.05, 0.1) is 5.56 Å². The van der Waals surface area contributed by atoms with Crippen LogP contribution >= 0.6 is 0 Å². The SMILES string of the molecule is CCCC1Cc2ccc(C3CCC(c4ccc(C)cc4)CC3)cc2C(=O)O1. The first-order valence-electron chi connectivity index (χ1n) is 10.5. The van der Waals surface area contributed by atoms with E-state index in [9.17, 15) is 4.79 Å². The van der Waals surface area contributed by atoms with Crippen LogP contribution in [0.5, 0.6) is 0 Å². The second kappa shape index (κ2) is 7.88. The maximum atomic E-state index is 12.4. The molecule has 2 aliphatic rings. The summed E-state index contributed by atoms with van der Waals surface area (Å²) in [6.07, 6.45) is 7.80. The second-order valence-electron chi connectivity index (χ2n) is 8.40. The molecule has 27 heavy (non-hydrogen) atoms. The predicted octanol–water partition coefficient (Wildman–Crippen LogP) is 6.32. The van der Waals surface area contributed by atoms with Crippen molar-refractivity contribution in [2.45, 2.75) is 76.7 Å². The number of benzene rings is 2. The third kappa shape index (κ3) is 3.95. The van der Waals surface area contributed by atoms with E-state index < -0.39 is 0 Å². The summed E-state index contributed by atoms with van der Waals surface area (Å²) in [5.74, 6) is 1.13. The summed E-state index contributed by atoms with van der Waals surface area (Å²) >= 11 is 0. The molecule has 0 radical (unpaired) electrons. The van der Waals surface area contributed by atoms with Crippen molar-refractivity contribution in [1.82, 2.24) is 0 Å². The second-order valence-corrected chi connectivity index (χ2v) is 8.40. The summed E-state index contributed by atoms with van der Waals surface area (Å²) in [4.78, 5) is 12.4. The highest BCUT2D eigenvalue weighted by molar-refractivity contribution is 5.92. The van der Waals surface area contributed by atoms with Gasteiger partial charge in [0.15, 0.2) is 0 Å². The maximum Gasteiger partial charge on any atom is 0.338 e. The van der Waals surface area contributed by atoms with Crippen molar-refractivity contribution in [3.8, 4) is 0 Å². The molecule has 0 spiro atoms. The van der Waals surface area contributed by atoms with Gasteiger partial charge >= 0.3 is 5.97 Å². The van der Waals surface area contributed by atoms with Gasteiger partial charge in [-0.3, -0.25) is 0 Å². The molecule has 1 atom stereocenters. The average molecular weight is 363 g/mol. The predicted molar refractivity (Wildman–Crippen MR) is 109 cm³/mol. The number of rotatable bonds is 4. The summed E-state index contributed by atoms with van der Waals surface area (Å²) in [6, 6.07) is 15.6. The van der Waals surface area contributed by atoms with Gasteiger partial charge in [-0.1, -0.05) is 55.3 Å². The van der Waals surface area contributed by atoms with Crippen molar-refractivity contribution >= 4 is 5.97 Å². The Morgan fingerprint density at radius 3 is 2.22 bits per heavy atom. The first-order chi connectivity index (χ1) is 13.1. The van der Waals surface area contributed by atoms with Crippen molar-refractivity contribution < 1.29 is 9.53 Å². The van der Waals surface area contributed by atoms with Crippen LogP contribution in [-0.4, -0.2) is 12.1 Å². The van der Waals surface area contributed by atoms with Gasteiger partial charge in [0.25, 0.3) is 0 Å². The molecule has 2 aromatic carbocycles. The van der Waals surface area contributed by atoms with E-state index in [1.807, 2.05) is 0 Å². The lowest BCUT2D eigenvalue weighted by atomic mass is 9.75. The van der Waals surface area contributed by atoms with Crippen LogP contribution in [0.15, 0.2) is 42.5 Å². The molecule has 2 nitrogen and oxygen atoms in total. The molecule has 1 aliphatic carbocycles. The van der Waals surface area contributed by atoms with E-state index in [2.05, 4.69) is 56.3 Å². The van der Waals surface area contributed by atoms with E-state index in [1.165, 1.54) is 47.9 Å². The number of cyclic esters (lactones) is 1. The van der Waals surface area contributed by atoms with E-state index in [-0.39, 0.29) is 12.1 Å². The molecule has 1 fully saturated rings. The fraction of sp³-hybridized carbons (Fsp3) is 0.480.